The summed E-state index contributed by atoms with van der Waals surface area (Å²) in [6, 6.07) is 13.5. The number of para-hydroxylation sites is 1. The summed E-state index contributed by atoms with van der Waals surface area (Å²) in [7, 11) is 0. The second-order valence-corrected chi connectivity index (χ2v) is 6.89. The molecule has 6 nitrogen and oxygen atoms in total. The molecule has 3 N–H and O–H groups in total. The highest BCUT2D eigenvalue weighted by Crippen LogP contribution is 2.28. The number of carbonyl (C=O) groups excluding carboxylic acids is 1. The Balaban J connectivity index is 2.11. The molecule has 0 saturated carbocycles. The maximum Gasteiger partial charge on any atom is 0.335 e. The minimum Gasteiger partial charge on any atom is -0.508 e. The van der Waals surface area contributed by atoms with Crippen LogP contribution in [0.2, 0.25) is 5.02 Å². The molecule has 0 fully saturated rings. The van der Waals surface area contributed by atoms with Crippen LogP contribution in [-0.2, 0) is 9.53 Å². The van der Waals surface area contributed by atoms with Gasteiger partial charge in [0, 0.05) is 18.4 Å². The molecule has 0 unspecified atom stereocenters. The monoisotopic (exact) mass is 432 g/mol. The predicted octanol–water partition coefficient (Wildman–Crippen LogP) is 3.94. The number of esters is 1. The first kappa shape index (κ1) is 23.5. The van der Waals surface area contributed by atoms with Crippen molar-refractivity contribution in [3.63, 3.8) is 0 Å². The first-order valence-electron chi connectivity index (χ1n) is 9.52. The SMILES string of the molecule is CCOC(=O)[C@H](O)CC(=C=CC[C@@H](O)c1ccc(O)cc1Cl)COc1ccccc1. The van der Waals surface area contributed by atoms with Crippen LogP contribution in [0.15, 0.2) is 65.9 Å². The summed E-state index contributed by atoms with van der Waals surface area (Å²) in [4.78, 5) is 11.7. The Morgan fingerprint density at radius 1 is 1.20 bits per heavy atom. The lowest BCUT2D eigenvalue weighted by Gasteiger charge is -2.13. The van der Waals surface area contributed by atoms with E-state index in [2.05, 4.69) is 5.73 Å². The number of phenolic OH excluding ortho intramolecular Hbond substituents is 1. The lowest BCUT2D eigenvalue weighted by molar-refractivity contribution is -0.152. The molecule has 0 heterocycles. The van der Waals surface area contributed by atoms with Crippen molar-refractivity contribution in [2.24, 2.45) is 0 Å². The van der Waals surface area contributed by atoms with Crippen LogP contribution in [0.1, 0.15) is 31.4 Å². The number of hydrogen-bond acceptors (Lipinski definition) is 6. The van der Waals surface area contributed by atoms with Crippen molar-refractivity contribution in [1.29, 1.82) is 0 Å². The zero-order chi connectivity index (χ0) is 21.9. The molecule has 0 amide bonds. The van der Waals surface area contributed by atoms with Crippen molar-refractivity contribution in [2.75, 3.05) is 13.2 Å². The van der Waals surface area contributed by atoms with E-state index in [1.54, 1.807) is 31.2 Å². The van der Waals surface area contributed by atoms with Crippen LogP contribution in [0.3, 0.4) is 0 Å². The number of hydrogen-bond donors (Lipinski definition) is 3. The van der Waals surface area contributed by atoms with Crippen molar-refractivity contribution in [1.82, 2.24) is 0 Å². The van der Waals surface area contributed by atoms with Gasteiger partial charge in [-0.2, -0.15) is 0 Å². The highest BCUT2D eigenvalue weighted by Gasteiger charge is 2.18. The van der Waals surface area contributed by atoms with Gasteiger partial charge in [-0.25, -0.2) is 4.79 Å². The van der Waals surface area contributed by atoms with Crippen molar-refractivity contribution < 1.29 is 29.6 Å². The molecule has 2 rings (SSSR count). The number of aromatic hydroxyl groups is 1. The van der Waals surface area contributed by atoms with Gasteiger partial charge in [-0.3, -0.25) is 0 Å². The standard InChI is InChI=1S/C23H25ClO6/c1-2-29-23(28)22(27)13-16(15-30-18-8-4-3-5-9-18)7-6-10-21(26)19-12-11-17(25)14-20(19)24/h3-6,8-9,11-12,14,21-22,25-27H,2,10,13,15H2,1H3/t7?,21-,22-/m1/s1. The number of aliphatic hydroxyl groups excluding tert-OH is 2. The second-order valence-electron chi connectivity index (χ2n) is 6.48. The largest absolute Gasteiger partial charge is 0.508 e. The molecule has 30 heavy (non-hydrogen) atoms. The van der Waals surface area contributed by atoms with E-state index in [4.69, 9.17) is 21.1 Å². The Kier molecular flexibility index (Phi) is 9.45. The summed E-state index contributed by atoms with van der Waals surface area (Å²) < 4.78 is 10.5. The van der Waals surface area contributed by atoms with E-state index in [1.807, 2.05) is 18.2 Å². The number of aliphatic hydroxyl groups is 2. The Labute approximate surface area is 180 Å². The molecular formula is C23H25ClO6. The average molecular weight is 433 g/mol. The highest BCUT2D eigenvalue weighted by atomic mass is 35.5. The number of carbonyl (C=O) groups is 1. The van der Waals surface area contributed by atoms with Gasteiger partial charge in [0.2, 0.25) is 0 Å². The molecule has 0 saturated heterocycles. The number of ether oxygens (including phenoxy) is 2. The van der Waals surface area contributed by atoms with Crippen molar-refractivity contribution in [3.05, 3.63) is 76.5 Å². The third kappa shape index (κ3) is 7.58. The Morgan fingerprint density at radius 2 is 1.93 bits per heavy atom. The Morgan fingerprint density at radius 3 is 2.60 bits per heavy atom. The van der Waals surface area contributed by atoms with Crippen LogP contribution in [0.4, 0.5) is 0 Å². The van der Waals surface area contributed by atoms with Gasteiger partial charge in [0.05, 0.1) is 17.7 Å². The van der Waals surface area contributed by atoms with Crippen molar-refractivity contribution >= 4 is 17.6 Å². The molecule has 160 valence electrons. The summed E-state index contributed by atoms with van der Waals surface area (Å²) in [5.74, 6) is -0.0644. The first-order chi connectivity index (χ1) is 14.4. The van der Waals surface area contributed by atoms with E-state index in [9.17, 15) is 20.1 Å². The second kappa shape index (κ2) is 12.1. The molecule has 0 aromatic heterocycles. The minimum absolute atomic E-state index is 0.0136. The van der Waals surface area contributed by atoms with Gasteiger partial charge >= 0.3 is 5.97 Å². The van der Waals surface area contributed by atoms with Gasteiger partial charge in [0.25, 0.3) is 0 Å². The molecule has 0 spiro atoms. The fourth-order valence-electron chi connectivity index (χ4n) is 2.63. The van der Waals surface area contributed by atoms with E-state index in [0.29, 0.717) is 16.9 Å². The van der Waals surface area contributed by atoms with E-state index in [1.165, 1.54) is 12.1 Å². The zero-order valence-corrected chi connectivity index (χ0v) is 17.4. The molecule has 7 heteroatoms. The minimum atomic E-state index is -1.34. The van der Waals surface area contributed by atoms with Crippen LogP contribution >= 0.6 is 11.6 Å². The molecule has 0 aliphatic carbocycles. The summed E-state index contributed by atoms with van der Waals surface area (Å²) in [5.41, 5.74) is 4.00. The molecular weight excluding hydrogens is 408 g/mol. The molecule has 0 aliphatic rings. The number of benzene rings is 2. The average Bonchev–Trinajstić information content (AvgIpc) is 2.72. The highest BCUT2D eigenvalue weighted by molar-refractivity contribution is 6.31. The number of phenols is 1. The summed E-state index contributed by atoms with van der Waals surface area (Å²) in [5, 5.41) is 30.1. The zero-order valence-electron chi connectivity index (χ0n) is 16.6. The van der Waals surface area contributed by atoms with Crippen molar-refractivity contribution in [3.8, 4) is 11.5 Å². The van der Waals surface area contributed by atoms with Crippen LogP contribution in [-0.4, -0.2) is 40.6 Å². The molecule has 2 atom stereocenters. The summed E-state index contributed by atoms with van der Waals surface area (Å²) in [6.45, 7) is 1.94. The number of rotatable bonds is 10. The molecule has 0 radical (unpaired) electrons. The summed E-state index contributed by atoms with van der Waals surface area (Å²) >= 11 is 6.05. The van der Waals surface area contributed by atoms with Gasteiger partial charge in [0.1, 0.15) is 18.1 Å². The van der Waals surface area contributed by atoms with Gasteiger partial charge in [-0.1, -0.05) is 35.9 Å². The third-order valence-corrected chi connectivity index (χ3v) is 4.47. The Bertz CT molecular complexity index is 890. The first-order valence-corrected chi connectivity index (χ1v) is 9.90. The van der Waals surface area contributed by atoms with E-state index >= 15 is 0 Å². The fourth-order valence-corrected chi connectivity index (χ4v) is 2.93. The van der Waals surface area contributed by atoms with E-state index in [-0.39, 0.29) is 36.8 Å². The topological polar surface area (TPSA) is 96.2 Å². The lowest BCUT2D eigenvalue weighted by Crippen LogP contribution is -2.24. The maximum atomic E-state index is 11.7. The van der Waals surface area contributed by atoms with Crippen molar-refractivity contribution in [2.45, 2.75) is 32.0 Å². The molecule has 0 bridgehead atoms. The normalized spacial score (nSPS) is 12.4. The molecule has 0 aliphatic heterocycles. The molecule has 2 aromatic carbocycles. The smallest absolute Gasteiger partial charge is 0.335 e. The van der Waals surface area contributed by atoms with Crippen LogP contribution < -0.4 is 4.74 Å². The van der Waals surface area contributed by atoms with E-state index < -0.39 is 18.2 Å². The van der Waals surface area contributed by atoms with Gasteiger partial charge < -0.3 is 24.8 Å². The molecule has 2 aromatic rings. The van der Waals surface area contributed by atoms with Crippen LogP contribution in [0.25, 0.3) is 0 Å². The van der Waals surface area contributed by atoms with Gasteiger partial charge in [0.15, 0.2) is 6.10 Å². The van der Waals surface area contributed by atoms with Gasteiger partial charge in [-0.15, -0.1) is 5.73 Å². The number of halogens is 1. The predicted molar refractivity (Wildman–Crippen MR) is 113 cm³/mol. The Hall–Kier alpha value is -2.76. The van der Waals surface area contributed by atoms with Crippen LogP contribution in [0.5, 0.6) is 11.5 Å². The van der Waals surface area contributed by atoms with Crippen LogP contribution in [0, 0.1) is 0 Å². The lowest BCUT2D eigenvalue weighted by atomic mass is 10.1. The van der Waals surface area contributed by atoms with Gasteiger partial charge in [-0.05, 0) is 42.8 Å². The summed E-state index contributed by atoms with van der Waals surface area (Å²) in [6.07, 6.45) is -0.476. The maximum absolute atomic E-state index is 11.7. The quantitative estimate of drug-likeness (QED) is 0.388. The van der Waals surface area contributed by atoms with E-state index in [0.717, 1.165) is 0 Å². The third-order valence-electron chi connectivity index (χ3n) is 4.15. The fraction of sp³-hybridized carbons (Fsp3) is 0.304.